The summed E-state index contributed by atoms with van der Waals surface area (Å²) in [6.45, 7) is 4.31. The molecule has 3 heteroatoms. The third kappa shape index (κ3) is 2.84. The van der Waals surface area contributed by atoms with Crippen molar-refractivity contribution < 1.29 is 4.79 Å². The summed E-state index contributed by atoms with van der Waals surface area (Å²) in [6.07, 6.45) is 1.41. The van der Waals surface area contributed by atoms with E-state index in [1.54, 1.807) is 0 Å². The topological polar surface area (TPSA) is 52.9 Å². The van der Waals surface area contributed by atoms with E-state index >= 15 is 0 Å². The lowest BCUT2D eigenvalue weighted by Crippen LogP contribution is -2.33. The van der Waals surface area contributed by atoms with Crippen LogP contribution in [0.15, 0.2) is 71.9 Å². The van der Waals surface area contributed by atoms with Crippen molar-refractivity contribution in [2.75, 3.05) is 5.32 Å². The maximum Gasteiger partial charge on any atom is 0.162 e. The standard InChI is InChI=1S/C26H22N2O/c1-26(2)13-21-25(22(29)14-26)23(18-9-7-16(15-27)8-10-18)24-19-6-4-3-5-17(19)11-12-20(24)28-21/h3-12,23,28H,13-14H2,1-2H3. The molecule has 0 saturated heterocycles. The predicted molar refractivity (Wildman–Crippen MR) is 116 cm³/mol. The number of hydrogen-bond donors (Lipinski definition) is 1. The van der Waals surface area contributed by atoms with Gasteiger partial charge in [-0.1, -0.05) is 56.3 Å². The maximum atomic E-state index is 13.3. The summed E-state index contributed by atoms with van der Waals surface area (Å²) in [6, 6.07) is 22.5. The third-order valence-corrected chi connectivity index (χ3v) is 6.13. The zero-order valence-corrected chi connectivity index (χ0v) is 16.6. The molecular weight excluding hydrogens is 356 g/mol. The molecule has 0 saturated carbocycles. The molecule has 0 aromatic heterocycles. The molecule has 3 aromatic rings. The summed E-state index contributed by atoms with van der Waals surface area (Å²) in [4.78, 5) is 13.3. The van der Waals surface area contributed by atoms with Crippen molar-refractivity contribution in [3.05, 3.63) is 88.6 Å². The normalized spacial score (nSPS) is 19.9. The van der Waals surface area contributed by atoms with E-state index in [-0.39, 0.29) is 17.1 Å². The second kappa shape index (κ2) is 6.32. The van der Waals surface area contributed by atoms with Crippen molar-refractivity contribution in [3.8, 4) is 6.07 Å². The highest BCUT2D eigenvalue weighted by molar-refractivity contribution is 6.04. The molecule has 142 valence electrons. The van der Waals surface area contributed by atoms with Crippen LogP contribution in [0.5, 0.6) is 0 Å². The van der Waals surface area contributed by atoms with Crippen LogP contribution in [0.4, 0.5) is 5.69 Å². The van der Waals surface area contributed by atoms with E-state index < -0.39 is 0 Å². The van der Waals surface area contributed by atoms with E-state index in [1.807, 2.05) is 36.4 Å². The Morgan fingerprint density at radius 2 is 1.76 bits per heavy atom. The molecule has 0 amide bonds. The number of rotatable bonds is 1. The van der Waals surface area contributed by atoms with Crippen LogP contribution in [-0.2, 0) is 4.79 Å². The number of nitriles is 1. The van der Waals surface area contributed by atoms with Crippen molar-refractivity contribution in [3.63, 3.8) is 0 Å². The first kappa shape index (κ1) is 17.7. The van der Waals surface area contributed by atoms with Crippen molar-refractivity contribution >= 4 is 22.2 Å². The lowest BCUT2D eigenvalue weighted by Gasteiger charge is -2.40. The zero-order chi connectivity index (χ0) is 20.2. The first-order valence-electron chi connectivity index (χ1n) is 10.0. The number of Topliss-reactive ketones (excluding diaryl/α,β-unsaturated/α-hetero) is 1. The summed E-state index contributed by atoms with van der Waals surface area (Å²) in [5.74, 6) is 0.0976. The molecule has 29 heavy (non-hydrogen) atoms. The number of nitrogens with zero attached hydrogens (tertiary/aromatic N) is 1. The lowest BCUT2D eigenvalue weighted by atomic mass is 9.68. The molecule has 1 N–H and O–H groups in total. The number of anilines is 1. The van der Waals surface area contributed by atoms with Crippen LogP contribution < -0.4 is 5.32 Å². The van der Waals surface area contributed by atoms with Crippen molar-refractivity contribution in [1.82, 2.24) is 0 Å². The Balaban J connectivity index is 1.80. The number of hydrogen-bond acceptors (Lipinski definition) is 3. The minimum atomic E-state index is -0.122. The van der Waals surface area contributed by atoms with E-state index in [9.17, 15) is 10.1 Å². The third-order valence-electron chi connectivity index (χ3n) is 6.13. The van der Waals surface area contributed by atoms with Gasteiger partial charge in [0.2, 0.25) is 0 Å². The van der Waals surface area contributed by atoms with Crippen LogP contribution in [-0.4, -0.2) is 5.78 Å². The summed E-state index contributed by atoms with van der Waals surface area (Å²) in [7, 11) is 0. The first-order valence-corrected chi connectivity index (χ1v) is 10.0. The molecule has 0 radical (unpaired) electrons. The molecule has 1 heterocycles. The average molecular weight is 378 g/mol. The van der Waals surface area contributed by atoms with Crippen LogP contribution in [0.2, 0.25) is 0 Å². The molecule has 1 aliphatic heterocycles. The molecule has 3 nitrogen and oxygen atoms in total. The molecule has 1 aliphatic carbocycles. The second-order valence-electron chi connectivity index (χ2n) is 8.87. The summed E-state index contributed by atoms with van der Waals surface area (Å²) >= 11 is 0. The number of ketones is 1. The van der Waals surface area contributed by atoms with E-state index in [1.165, 1.54) is 5.39 Å². The number of allylic oxidation sites excluding steroid dienone is 2. The first-order chi connectivity index (χ1) is 14.0. The number of carbonyl (C=O) groups excluding carboxylic acids is 1. The Kier molecular flexibility index (Phi) is 3.86. The molecule has 0 spiro atoms. The van der Waals surface area contributed by atoms with Gasteiger partial charge in [0, 0.05) is 29.3 Å². The Hall–Kier alpha value is -3.38. The van der Waals surface area contributed by atoms with E-state index in [0.717, 1.165) is 39.9 Å². The summed E-state index contributed by atoms with van der Waals surface area (Å²) < 4.78 is 0. The number of carbonyl (C=O) groups is 1. The summed E-state index contributed by atoms with van der Waals surface area (Å²) in [5.41, 5.74) is 5.80. The largest absolute Gasteiger partial charge is 0.358 e. The highest BCUT2D eigenvalue weighted by atomic mass is 16.1. The van der Waals surface area contributed by atoms with Crippen molar-refractivity contribution in [1.29, 1.82) is 5.26 Å². The minimum absolute atomic E-state index is 0.0491. The minimum Gasteiger partial charge on any atom is -0.358 e. The van der Waals surface area contributed by atoms with E-state index in [2.05, 4.69) is 49.5 Å². The van der Waals surface area contributed by atoms with Crippen LogP contribution in [0.3, 0.4) is 0 Å². The zero-order valence-electron chi connectivity index (χ0n) is 16.6. The fourth-order valence-corrected chi connectivity index (χ4v) is 4.89. The van der Waals surface area contributed by atoms with Crippen LogP contribution in [0.1, 0.15) is 49.3 Å². The molecule has 5 rings (SSSR count). The van der Waals surface area contributed by atoms with Gasteiger partial charge in [0.05, 0.1) is 11.6 Å². The smallest absolute Gasteiger partial charge is 0.162 e. The molecule has 2 aliphatic rings. The average Bonchev–Trinajstić information content (AvgIpc) is 2.71. The SMILES string of the molecule is CC1(C)CC(=O)C2=C(C1)Nc1ccc3ccccc3c1C2c1ccc(C#N)cc1. The van der Waals surface area contributed by atoms with Gasteiger partial charge in [0.1, 0.15) is 0 Å². The van der Waals surface area contributed by atoms with Gasteiger partial charge in [-0.2, -0.15) is 5.26 Å². The Morgan fingerprint density at radius 1 is 1.00 bits per heavy atom. The summed E-state index contributed by atoms with van der Waals surface area (Å²) in [5, 5.41) is 15.1. The van der Waals surface area contributed by atoms with Crippen LogP contribution in [0.25, 0.3) is 10.8 Å². The fraction of sp³-hybridized carbons (Fsp3) is 0.231. The maximum absolute atomic E-state index is 13.3. The second-order valence-corrected chi connectivity index (χ2v) is 8.87. The van der Waals surface area contributed by atoms with E-state index in [4.69, 9.17) is 0 Å². The predicted octanol–water partition coefficient (Wildman–Crippen LogP) is 5.91. The van der Waals surface area contributed by atoms with Gasteiger partial charge >= 0.3 is 0 Å². The number of benzene rings is 3. The highest BCUT2D eigenvalue weighted by Crippen LogP contribution is 2.50. The number of nitrogens with one attached hydrogen (secondary N) is 1. The monoisotopic (exact) mass is 378 g/mol. The van der Waals surface area contributed by atoms with Gasteiger partial charge in [-0.3, -0.25) is 4.79 Å². The van der Waals surface area contributed by atoms with Crippen molar-refractivity contribution in [2.24, 2.45) is 5.41 Å². The van der Waals surface area contributed by atoms with Gasteiger partial charge < -0.3 is 5.32 Å². The van der Waals surface area contributed by atoms with Crippen LogP contribution in [0, 0.1) is 16.7 Å². The van der Waals surface area contributed by atoms with Gasteiger partial charge in [0.25, 0.3) is 0 Å². The lowest BCUT2D eigenvalue weighted by molar-refractivity contribution is -0.118. The molecule has 3 aromatic carbocycles. The van der Waals surface area contributed by atoms with Gasteiger partial charge in [-0.05, 0) is 51.9 Å². The number of fused-ring (bicyclic) bond motifs is 3. The Morgan fingerprint density at radius 3 is 2.52 bits per heavy atom. The molecule has 0 fully saturated rings. The molecule has 0 bridgehead atoms. The molecule has 1 atom stereocenters. The highest BCUT2D eigenvalue weighted by Gasteiger charge is 2.41. The van der Waals surface area contributed by atoms with Gasteiger partial charge in [-0.15, -0.1) is 0 Å². The Labute approximate surface area is 170 Å². The fourth-order valence-electron chi connectivity index (χ4n) is 4.89. The van der Waals surface area contributed by atoms with Crippen molar-refractivity contribution in [2.45, 2.75) is 32.6 Å². The van der Waals surface area contributed by atoms with Crippen LogP contribution >= 0.6 is 0 Å². The van der Waals surface area contributed by atoms with Gasteiger partial charge in [-0.25, -0.2) is 0 Å². The molecular formula is C26H22N2O. The quantitative estimate of drug-likeness (QED) is 0.572. The van der Waals surface area contributed by atoms with Gasteiger partial charge in [0.15, 0.2) is 5.78 Å². The van der Waals surface area contributed by atoms with E-state index in [0.29, 0.717) is 12.0 Å². The molecule has 1 unspecified atom stereocenters. The Bertz CT molecular complexity index is 1230.